The van der Waals surface area contributed by atoms with E-state index in [1.54, 1.807) is 6.92 Å². The van der Waals surface area contributed by atoms with Crippen molar-refractivity contribution in [3.05, 3.63) is 12.1 Å². The quantitative estimate of drug-likeness (QED) is 0.449. The average Bonchev–Trinajstić information content (AvgIpc) is 2.18. The molecule has 5 heteroatoms. The standard InChI is InChI=1S/C12H23BF3O/c1-12(17)10-8-6-4-2-3-5-7-9-11-13(14,15)16/h9,11-12,17H,2-8,10H2,1H3/q-1/b11-9+. The van der Waals surface area contributed by atoms with E-state index in [1.807, 2.05) is 0 Å². The van der Waals surface area contributed by atoms with Crippen LogP contribution in [0.1, 0.15) is 58.3 Å². The first-order valence-electron chi connectivity index (χ1n) is 6.47. The van der Waals surface area contributed by atoms with E-state index in [9.17, 15) is 12.9 Å². The third-order valence-electron chi connectivity index (χ3n) is 2.60. The molecule has 17 heavy (non-hydrogen) atoms. The highest BCUT2D eigenvalue weighted by Gasteiger charge is 2.16. The van der Waals surface area contributed by atoms with Crippen molar-refractivity contribution in [3.8, 4) is 0 Å². The van der Waals surface area contributed by atoms with Crippen LogP contribution in [0.25, 0.3) is 0 Å². The Morgan fingerprint density at radius 1 is 1.00 bits per heavy atom. The van der Waals surface area contributed by atoms with Crippen LogP contribution in [0.4, 0.5) is 12.9 Å². The van der Waals surface area contributed by atoms with Crippen molar-refractivity contribution in [2.45, 2.75) is 64.4 Å². The van der Waals surface area contributed by atoms with Gasteiger partial charge >= 0.3 is 6.98 Å². The smallest absolute Gasteiger partial charge is 0.445 e. The third-order valence-corrected chi connectivity index (χ3v) is 2.60. The van der Waals surface area contributed by atoms with Crippen molar-refractivity contribution in [3.63, 3.8) is 0 Å². The number of unbranched alkanes of at least 4 members (excludes halogenated alkanes) is 6. The van der Waals surface area contributed by atoms with Crippen molar-refractivity contribution >= 4 is 6.98 Å². The van der Waals surface area contributed by atoms with Gasteiger partial charge in [0.25, 0.3) is 0 Å². The van der Waals surface area contributed by atoms with Gasteiger partial charge in [0.2, 0.25) is 0 Å². The summed E-state index contributed by atoms with van der Waals surface area (Å²) in [6.45, 7) is -2.96. The van der Waals surface area contributed by atoms with E-state index >= 15 is 0 Å². The number of rotatable bonds is 10. The van der Waals surface area contributed by atoms with Gasteiger partial charge in [0, 0.05) is 0 Å². The van der Waals surface area contributed by atoms with Crippen molar-refractivity contribution in [1.82, 2.24) is 0 Å². The molecule has 0 aliphatic rings. The summed E-state index contributed by atoms with van der Waals surface area (Å²) in [5.74, 6) is 0.378. The molecule has 0 radical (unpaired) electrons. The molecule has 0 heterocycles. The Morgan fingerprint density at radius 3 is 2.06 bits per heavy atom. The summed E-state index contributed by atoms with van der Waals surface area (Å²) in [6.07, 6.45) is 8.52. The molecular formula is C12H23BF3O-. The first kappa shape index (κ1) is 16.6. The SMILES string of the molecule is CC(O)CCCCCCCC/C=C/[B-](F)(F)F. The van der Waals surface area contributed by atoms with E-state index in [-0.39, 0.29) is 6.10 Å². The highest BCUT2D eigenvalue weighted by molar-refractivity contribution is 6.64. The fourth-order valence-electron chi connectivity index (χ4n) is 1.66. The summed E-state index contributed by atoms with van der Waals surface area (Å²) in [4.78, 5) is 0. The van der Waals surface area contributed by atoms with Crippen LogP contribution in [-0.4, -0.2) is 18.2 Å². The highest BCUT2D eigenvalue weighted by Crippen LogP contribution is 2.12. The van der Waals surface area contributed by atoms with Gasteiger partial charge in [-0.15, -0.1) is 12.1 Å². The molecule has 1 atom stereocenters. The van der Waals surface area contributed by atoms with Crippen molar-refractivity contribution in [1.29, 1.82) is 0 Å². The zero-order valence-electron chi connectivity index (χ0n) is 10.5. The molecule has 0 saturated carbocycles. The first-order valence-corrected chi connectivity index (χ1v) is 6.47. The average molecular weight is 251 g/mol. The summed E-state index contributed by atoms with van der Waals surface area (Å²) in [7, 11) is 0. The molecule has 0 rings (SSSR count). The van der Waals surface area contributed by atoms with Crippen LogP contribution >= 0.6 is 0 Å². The molecule has 0 aromatic heterocycles. The molecule has 1 nitrogen and oxygen atoms in total. The fourth-order valence-corrected chi connectivity index (χ4v) is 1.66. The molecule has 0 fully saturated rings. The lowest BCUT2D eigenvalue weighted by atomic mass is 9.91. The summed E-state index contributed by atoms with van der Waals surface area (Å²) in [5.41, 5.74) is 0. The normalized spacial score (nSPS) is 14.4. The van der Waals surface area contributed by atoms with Gasteiger partial charge in [-0.05, 0) is 26.2 Å². The Bertz CT molecular complexity index is 202. The number of aliphatic hydroxyl groups is 1. The Balaban J connectivity index is 3.17. The fraction of sp³-hybridized carbons (Fsp3) is 0.833. The van der Waals surface area contributed by atoms with Gasteiger partial charge in [0.1, 0.15) is 0 Å². The second kappa shape index (κ2) is 9.57. The van der Waals surface area contributed by atoms with Crippen LogP contribution in [0.2, 0.25) is 0 Å². The minimum atomic E-state index is -4.75. The van der Waals surface area contributed by atoms with Crippen molar-refractivity contribution in [2.24, 2.45) is 0 Å². The van der Waals surface area contributed by atoms with Gasteiger partial charge in [0.05, 0.1) is 6.10 Å². The summed E-state index contributed by atoms with van der Waals surface area (Å²) < 4.78 is 35.4. The van der Waals surface area contributed by atoms with E-state index in [0.717, 1.165) is 44.9 Å². The first-order chi connectivity index (χ1) is 7.92. The van der Waals surface area contributed by atoms with Crippen molar-refractivity contribution in [2.75, 3.05) is 0 Å². The van der Waals surface area contributed by atoms with E-state index < -0.39 is 6.98 Å². The molecular weight excluding hydrogens is 228 g/mol. The summed E-state index contributed by atoms with van der Waals surface area (Å²) in [6, 6.07) is 0. The Hall–Kier alpha value is -0.445. The van der Waals surface area contributed by atoms with Crippen LogP contribution in [0.15, 0.2) is 12.1 Å². The van der Waals surface area contributed by atoms with E-state index in [4.69, 9.17) is 5.11 Å². The molecule has 1 unspecified atom stereocenters. The lowest BCUT2D eigenvalue weighted by Crippen LogP contribution is -2.09. The van der Waals surface area contributed by atoms with Gasteiger partial charge in [0.15, 0.2) is 0 Å². The monoisotopic (exact) mass is 251 g/mol. The van der Waals surface area contributed by atoms with Crippen LogP contribution in [0.3, 0.4) is 0 Å². The van der Waals surface area contributed by atoms with Crippen LogP contribution in [0.5, 0.6) is 0 Å². The van der Waals surface area contributed by atoms with Gasteiger partial charge in [-0.3, -0.25) is 0 Å². The molecule has 0 aliphatic carbocycles. The maximum atomic E-state index is 11.8. The molecule has 0 aromatic carbocycles. The van der Waals surface area contributed by atoms with E-state index in [2.05, 4.69) is 0 Å². The maximum absolute atomic E-state index is 11.8. The Morgan fingerprint density at radius 2 is 1.53 bits per heavy atom. The van der Waals surface area contributed by atoms with Crippen LogP contribution in [-0.2, 0) is 0 Å². The molecule has 0 amide bonds. The molecule has 0 aromatic rings. The molecule has 1 N–H and O–H groups in total. The van der Waals surface area contributed by atoms with Crippen LogP contribution < -0.4 is 0 Å². The van der Waals surface area contributed by atoms with Gasteiger partial charge in [-0.2, -0.15) is 0 Å². The van der Waals surface area contributed by atoms with Crippen LogP contribution in [0, 0.1) is 0 Å². The molecule has 0 spiro atoms. The number of halogens is 3. The summed E-state index contributed by atoms with van der Waals surface area (Å²) >= 11 is 0. The maximum Gasteiger partial charge on any atom is 0.502 e. The van der Waals surface area contributed by atoms with Gasteiger partial charge in [-0.25, -0.2) is 0 Å². The minimum Gasteiger partial charge on any atom is -0.445 e. The molecule has 0 saturated heterocycles. The Kier molecular flexibility index (Phi) is 9.32. The third kappa shape index (κ3) is 15.6. The molecule has 0 aliphatic heterocycles. The predicted octanol–water partition coefficient (Wildman–Crippen LogP) is 4.43. The van der Waals surface area contributed by atoms with Gasteiger partial charge in [-0.1, -0.05) is 32.1 Å². The van der Waals surface area contributed by atoms with E-state index in [1.165, 1.54) is 6.08 Å². The van der Waals surface area contributed by atoms with Gasteiger partial charge < -0.3 is 18.1 Å². The predicted molar refractivity (Wildman–Crippen MR) is 66.8 cm³/mol. The largest absolute Gasteiger partial charge is 0.502 e. The zero-order chi connectivity index (χ0) is 13.1. The lowest BCUT2D eigenvalue weighted by molar-refractivity contribution is 0.180. The second-order valence-corrected chi connectivity index (χ2v) is 4.60. The van der Waals surface area contributed by atoms with Crippen molar-refractivity contribution < 1.29 is 18.1 Å². The number of aliphatic hydroxyl groups excluding tert-OH is 1. The number of hydrogen-bond donors (Lipinski definition) is 1. The number of allylic oxidation sites excluding steroid dienone is 1. The molecule has 102 valence electrons. The highest BCUT2D eigenvalue weighted by atomic mass is 19.4. The summed E-state index contributed by atoms with van der Waals surface area (Å²) in [5, 5.41) is 9.02. The minimum absolute atomic E-state index is 0.218. The topological polar surface area (TPSA) is 20.2 Å². The lowest BCUT2D eigenvalue weighted by Gasteiger charge is -2.06. The Labute approximate surface area is 102 Å². The second-order valence-electron chi connectivity index (χ2n) is 4.60. The van der Waals surface area contributed by atoms with E-state index in [0.29, 0.717) is 12.4 Å². The molecule has 0 bridgehead atoms. The zero-order valence-corrected chi connectivity index (χ0v) is 10.5. The number of hydrogen-bond acceptors (Lipinski definition) is 1.